The maximum Gasteiger partial charge on any atom is 0.315 e. The summed E-state index contributed by atoms with van der Waals surface area (Å²) in [5.74, 6) is 0. The van der Waals surface area contributed by atoms with Crippen LogP contribution in [0.2, 0.25) is 0 Å². The smallest absolute Gasteiger partial charge is 0.315 e. The first kappa shape index (κ1) is 14.6. The Kier molecular flexibility index (Phi) is 5.17. The Bertz CT molecular complexity index is 469. The van der Waals surface area contributed by atoms with Gasteiger partial charge in [-0.3, -0.25) is 5.10 Å². The van der Waals surface area contributed by atoms with Crippen molar-refractivity contribution in [1.29, 1.82) is 0 Å². The van der Waals surface area contributed by atoms with E-state index >= 15 is 0 Å². The molecule has 0 aliphatic heterocycles. The Morgan fingerprint density at radius 1 is 1.65 bits per heavy atom. The van der Waals surface area contributed by atoms with E-state index in [-0.39, 0.29) is 12.1 Å². The molecule has 1 aliphatic rings. The molecule has 0 aromatic carbocycles. The highest BCUT2D eigenvalue weighted by atomic mass is 16.5. The van der Waals surface area contributed by atoms with Gasteiger partial charge in [-0.2, -0.15) is 5.10 Å². The van der Waals surface area contributed by atoms with Crippen LogP contribution in [-0.2, 0) is 17.6 Å². The molecule has 110 valence electrons. The standard InChI is InChI=1S/C14H22N4O2/c1-10(2)9-20-6-5-15-14(19)17-12-3-4-13-11(7-12)8-16-18-13/h8,12H,1,3-7,9H2,2H3,(H,16,18)(H2,15,17,19). The number of aromatic amines is 1. The third-order valence-electron chi connectivity index (χ3n) is 3.23. The maximum absolute atomic E-state index is 11.7. The number of H-pyrrole nitrogens is 1. The fourth-order valence-corrected chi connectivity index (χ4v) is 2.26. The van der Waals surface area contributed by atoms with Crippen molar-refractivity contribution in [2.24, 2.45) is 0 Å². The molecule has 1 aromatic rings. The van der Waals surface area contributed by atoms with Gasteiger partial charge in [-0.25, -0.2) is 4.79 Å². The Hall–Kier alpha value is -1.82. The van der Waals surface area contributed by atoms with Gasteiger partial charge in [-0.05, 0) is 31.7 Å². The third kappa shape index (κ3) is 4.38. The molecule has 1 aliphatic carbocycles. The Balaban J connectivity index is 1.62. The lowest BCUT2D eigenvalue weighted by Crippen LogP contribution is -2.45. The van der Waals surface area contributed by atoms with E-state index in [9.17, 15) is 4.79 Å². The van der Waals surface area contributed by atoms with Gasteiger partial charge in [-0.15, -0.1) is 0 Å². The molecule has 1 atom stereocenters. The molecule has 20 heavy (non-hydrogen) atoms. The molecule has 6 heteroatoms. The molecule has 0 fully saturated rings. The van der Waals surface area contributed by atoms with E-state index in [1.165, 1.54) is 11.3 Å². The second-order valence-electron chi connectivity index (χ2n) is 5.22. The zero-order chi connectivity index (χ0) is 14.4. The van der Waals surface area contributed by atoms with Crippen LogP contribution in [0.15, 0.2) is 18.3 Å². The minimum Gasteiger partial charge on any atom is -0.375 e. The van der Waals surface area contributed by atoms with Gasteiger partial charge in [-0.1, -0.05) is 12.2 Å². The first-order valence-corrected chi connectivity index (χ1v) is 6.92. The number of nitrogens with zero attached hydrogens (tertiary/aromatic N) is 1. The van der Waals surface area contributed by atoms with Crippen LogP contribution in [0.5, 0.6) is 0 Å². The summed E-state index contributed by atoms with van der Waals surface area (Å²) in [6.45, 7) is 7.19. The largest absolute Gasteiger partial charge is 0.375 e. The lowest BCUT2D eigenvalue weighted by atomic mass is 9.94. The summed E-state index contributed by atoms with van der Waals surface area (Å²) in [5.41, 5.74) is 3.37. The lowest BCUT2D eigenvalue weighted by Gasteiger charge is -2.22. The highest BCUT2D eigenvalue weighted by Crippen LogP contribution is 2.18. The Labute approximate surface area is 119 Å². The third-order valence-corrected chi connectivity index (χ3v) is 3.23. The fraction of sp³-hybridized carbons (Fsp3) is 0.571. The van der Waals surface area contributed by atoms with Crippen LogP contribution in [0.1, 0.15) is 24.6 Å². The molecule has 2 rings (SSSR count). The zero-order valence-electron chi connectivity index (χ0n) is 11.9. The molecule has 0 saturated heterocycles. The average molecular weight is 278 g/mol. The van der Waals surface area contributed by atoms with Crippen molar-refractivity contribution in [3.8, 4) is 0 Å². The van der Waals surface area contributed by atoms with E-state index in [2.05, 4.69) is 27.4 Å². The van der Waals surface area contributed by atoms with Gasteiger partial charge in [0.15, 0.2) is 0 Å². The number of nitrogens with one attached hydrogen (secondary N) is 3. The predicted molar refractivity (Wildman–Crippen MR) is 76.6 cm³/mol. The number of hydrogen-bond acceptors (Lipinski definition) is 3. The number of fused-ring (bicyclic) bond motifs is 1. The van der Waals surface area contributed by atoms with Crippen molar-refractivity contribution in [3.63, 3.8) is 0 Å². The van der Waals surface area contributed by atoms with Gasteiger partial charge in [0, 0.05) is 18.3 Å². The predicted octanol–water partition coefficient (Wildman–Crippen LogP) is 1.16. The fourth-order valence-electron chi connectivity index (χ4n) is 2.26. The normalized spacial score (nSPS) is 17.4. The summed E-state index contributed by atoms with van der Waals surface area (Å²) in [6.07, 6.45) is 4.55. The topological polar surface area (TPSA) is 79.0 Å². The molecular weight excluding hydrogens is 256 g/mol. The van der Waals surface area contributed by atoms with E-state index in [4.69, 9.17) is 4.74 Å². The number of amides is 2. The van der Waals surface area contributed by atoms with Crippen LogP contribution in [0.25, 0.3) is 0 Å². The van der Waals surface area contributed by atoms with Crippen molar-refractivity contribution >= 4 is 6.03 Å². The highest BCUT2D eigenvalue weighted by Gasteiger charge is 2.21. The second kappa shape index (κ2) is 7.09. The van der Waals surface area contributed by atoms with Crippen LogP contribution >= 0.6 is 0 Å². The average Bonchev–Trinajstić information content (AvgIpc) is 2.85. The number of hydrogen-bond donors (Lipinski definition) is 3. The quantitative estimate of drug-likeness (QED) is 0.539. The molecule has 0 spiro atoms. The molecule has 1 aromatic heterocycles. The van der Waals surface area contributed by atoms with Gasteiger partial charge < -0.3 is 15.4 Å². The van der Waals surface area contributed by atoms with Crippen LogP contribution in [-0.4, -0.2) is 42.0 Å². The molecule has 2 amide bonds. The molecule has 0 bridgehead atoms. The summed E-state index contributed by atoms with van der Waals surface area (Å²) in [6, 6.07) is 0.0392. The minimum absolute atomic E-state index is 0.138. The highest BCUT2D eigenvalue weighted by molar-refractivity contribution is 5.74. The Morgan fingerprint density at radius 2 is 2.50 bits per heavy atom. The summed E-state index contributed by atoms with van der Waals surface area (Å²) in [4.78, 5) is 11.7. The SMILES string of the molecule is C=C(C)COCCNC(=O)NC1CCc2[nH]ncc2C1. The van der Waals surface area contributed by atoms with Gasteiger partial charge in [0.25, 0.3) is 0 Å². The van der Waals surface area contributed by atoms with E-state index in [0.29, 0.717) is 19.8 Å². The second-order valence-corrected chi connectivity index (χ2v) is 5.22. The number of carbonyl (C=O) groups is 1. The van der Waals surface area contributed by atoms with E-state index < -0.39 is 0 Å². The molecule has 1 heterocycles. The zero-order valence-corrected chi connectivity index (χ0v) is 11.9. The summed E-state index contributed by atoms with van der Waals surface area (Å²) in [7, 11) is 0. The maximum atomic E-state index is 11.7. The molecular formula is C14H22N4O2. The van der Waals surface area contributed by atoms with Crippen LogP contribution in [0.4, 0.5) is 4.79 Å². The van der Waals surface area contributed by atoms with Crippen LogP contribution < -0.4 is 10.6 Å². The van der Waals surface area contributed by atoms with Gasteiger partial charge in [0.2, 0.25) is 0 Å². The van der Waals surface area contributed by atoms with Crippen molar-refractivity contribution in [2.45, 2.75) is 32.2 Å². The number of aromatic nitrogens is 2. The van der Waals surface area contributed by atoms with Gasteiger partial charge in [0.1, 0.15) is 0 Å². The van der Waals surface area contributed by atoms with E-state index in [1.807, 2.05) is 13.1 Å². The van der Waals surface area contributed by atoms with Crippen LogP contribution in [0.3, 0.4) is 0 Å². The van der Waals surface area contributed by atoms with Gasteiger partial charge >= 0.3 is 6.03 Å². The van der Waals surface area contributed by atoms with Crippen LogP contribution in [0, 0.1) is 0 Å². The van der Waals surface area contributed by atoms with Crippen molar-refractivity contribution in [3.05, 3.63) is 29.6 Å². The van der Waals surface area contributed by atoms with E-state index in [1.54, 1.807) is 0 Å². The van der Waals surface area contributed by atoms with Gasteiger partial charge in [0.05, 0.1) is 19.4 Å². The minimum atomic E-state index is -0.138. The molecule has 0 saturated carbocycles. The first-order chi connectivity index (χ1) is 9.65. The summed E-state index contributed by atoms with van der Waals surface area (Å²) < 4.78 is 5.32. The molecule has 0 radical (unpaired) electrons. The number of rotatable bonds is 6. The molecule has 1 unspecified atom stereocenters. The lowest BCUT2D eigenvalue weighted by molar-refractivity contribution is 0.157. The molecule has 6 nitrogen and oxygen atoms in total. The number of aryl methyl sites for hydroxylation is 1. The Morgan fingerprint density at radius 3 is 3.30 bits per heavy atom. The first-order valence-electron chi connectivity index (χ1n) is 6.92. The number of carbonyl (C=O) groups excluding carboxylic acids is 1. The monoisotopic (exact) mass is 278 g/mol. The summed E-state index contributed by atoms with van der Waals surface area (Å²) in [5, 5.41) is 12.8. The number of ether oxygens (including phenoxy) is 1. The summed E-state index contributed by atoms with van der Waals surface area (Å²) >= 11 is 0. The number of urea groups is 1. The molecule has 3 N–H and O–H groups in total. The van der Waals surface area contributed by atoms with Crippen molar-refractivity contribution in [2.75, 3.05) is 19.8 Å². The van der Waals surface area contributed by atoms with E-state index in [0.717, 1.165) is 24.8 Å². The van der Waals surface area contributed by atoms with Crippen molar-refractivity contribution < 1.29 is 9.53 Å². The van der Waals surface area contributed by atoms with Crippen molar-refractivity contribution in [1.82, 2.24) is 20.8 Å².